The lowest BCUT2D eigenvalue weighted by molar-refractivity contribution is 0.236. The van der Waals surface area contributed by atoms with Crippen LogP contribution >= 0.6 is 0 Å². The standard InChI is InChI=1S/C16H16O4/c1-10(2)20-16-12(14(17)15(16)18)9-8-11-6-4-5-7-13(11)19-3/h4-10H,1-3H3/b9-8+. The third-order valence-electron chi connectivity index (χ3n) is 2.82. The van der Waals surface area contributed by atoms with E-state index in [-0.39, 0.29) is 11.9 Å². The molecule has 0 radical (unpaired) electrons. The molecule has 0 bridgehead atoms. The van der Waals surface area contributed by atoms with Gasteiger partial charge in [-0.05, 0) is 26.0 Å². The predicted octanol–water partition coefficient (Wildman–Crippen LogP) is 2.25. The van der Waals surface area contributed by atoms with Gasteiger partial charge in [0.25, 0.3) is 5.43 Å². The molecule has 0 atom stereocenters. The quantitative estimate of drug-likeness (QED) is 0.783. The number of rotatable bonds is 5. The summed E-state index contributed by atoms with van der Waals surface area (Å²) < 4.78 is 10.6. The van der Waals surface area contributed by atoms with Crippen molar-refractivity contribution in [3.05, 3.63) is 55.8 Å². The normalized spacial score (nSPS) is 11.4. The summed E-state index contributed by atoms with van der Waals surface area (Å²) in [5.74, 6) is 0.852. The van der Waals surface area contributed by atoms with Gasteiger partial charge in [0.2, 0.25) is 5.43 Å². The van der Waals surface area contributed by atoms with Crippen LogP contribution in [0.3, 0.4) is 0 Å². The summed E-state index contributed by atoms with van der Waals surface area (Å²) in [6.45, 7) is 3.62. The summed E-state index contributed by atoms with van der Waals surface area (Å²) in [4.78, 5) is 23.0. The average molecular weight is 272 g/mol. The Kier molecular flexibility index (Phi) is 4.03. The number of hydrogen-bond acceptors (Lipinski definition) is 4. The Labute approximate surface area is 117 Å². The van der Waals surface area contributed by atoms with Gasteiger partial charge in [0.15, 0.2) is 5.75 Å². The zero-order chi connectivity index (χ0) is 14.7. The number of hydrogen-bond donors (Lipinski definition) is 0. The number of methoxy groups -OCH3 is 1. The minimum Gasteiger partial charge on any atom is -0.496 e. The first-order chi connectivity index (χ1) is 9.54. The highest BCUT2D eigenvalue weighted by molar-refractivity contribution is 5.76. The Morgan fingerprint density at radius 1 is 1.05 bits per heavy atom. The molecule has 0 fully saturated rings. The summed E-state index contributed by atoms with van der Waals surface area (Å²) in [6, 6.07) is 7.42. The van der Waals surface area contributed by atoms with Crippen molar-refractivity contribution < 1.29 is 9.47 Å². The molecular weight excluding hydrogens is 256 g/mol. The fraction of sp³-hybridized carbons (Fsp3) is 0.250. The summed E-state index contributed by atoms with van der Waals surface area (Å²) in [5, 5.41) is 0. The lowest BCUT2D eigenvalue weighted by Gasteiger charge is -2.12. The highest BCUT2D eigenvalue weighted by Gasteiger charge is 2.21. The predicted molar refractivity (Wildman–Crippen MR) is 79.0 cm³/mol. The van der Waals surface area contributed by atoms with E-state index in [9.17, 15) is 9.59 Å². The highest BCUT2D eigenvalue weighted by Crippen LogP contribution is 2.22. The molecule has 2 aromatic rings. The minimum atomic E-state index is -0.557. The first kappa shape index (κ1) is 14.1. The maximum absolute atomic E-state index is 11.6. The first-order valence-electron chi connectivity index (χ1n) is 6.35. The summed E-state index contributed by atoms with van der Waals surface area (Å²) in [5.41, 5.74) is 0.0818. The molecule has 4 nitrogen and oxygen atoms in total. The molecular formula is C16H16O4. The summed E-state index contributed by atoms with van der Waals surface area (Å²) in [7, 11) is 1.58. The van der Waals surface area contributed by atoms with Crippen LogP contribution in [0.5, 0.6) is 11.5 Å². The van der Waals surface area contributed by atoms with E-state index in [4.69, 9.17) is 9.47 Å². The van der Waals surface area contributed by atoms with Crippen LogP contribution in [-0.4, -0.2) is 13.2 Å². The molecule has 0 aromatic heterocycles. The Balaban J connectivity index is 2.31. The number of ether oxygens (including phenoxy) is 2. The van der Waals surface area contributed by atoms with Gasteiger partial charge in [-0.25, -0.2) is 0 Å². The Morgan fingerprint density at radius 3 is 2.40 bits per heavy atom. The van der Waals surface area contributed by atoms with E-state index >= 15 is 0 Å². The molecule has 0 aliphatic heterocycles. The van der Waals surface area contributed by atoms with Crippen LogP contribution in [0.15, 0.2) is 33.9 Å². The second-order valence-electron chi connectivity index (χ2n) is 4.64. The SMILES string of the molecule is COc1ccccc1/C=C/c1c(OC(C)C)c(=O)c1=O. The molecule has 0 amide bonds. The molecule has 0 heterocycles. The average Bonchev–Trinajstić information content (AvgIpc) is 2.45. The van der Waals surface area contributed by atoms with Crippen LogP contribution in [0.2, 0.25) is 0 Å². The minimum absolute atomic E-state index is 0.142. The van der Waals surface area contributed by atoms with E-state index in [2.05, 4.69) is 0 Å². The smallest absolute Gasteiger partial charge is 0.268 e. The maximum atomic E-state index is 11.6. The van der Waals surface area contributed by atoms with Gasteiger partial charge >= 0.3 is 0 Å². The molecule has 0 unspecified atom stereocenters. The van der Waals surface area contributed by atoms with E-state index in [0.29, 0.717) is 11.3 Å². The zero-order valence-electron chi connectivity index (χ0n) is 11.7. The molecule has 2 aromatic carbocycles. The molecule has 0 spiro atoms. The van der Waals surface area contributed by atoms with Crippen LogP contribution < -0.4 is 20.3 Å². The van der Waals surface area contributed by atoms with Crippen molar-refractivity contribution in [3.63, 3.8) is 0 Å². The highest BCUT2D eigenvalue weighted by atomic mass is 16.5. The zero-order valence-corrected chi connectivity index (χ0v) is 11.7. The van der Waals surface area contributed by atoms with Crippen molar-refractivity contribution >= 4 is 12.2 Å². The molecule has 4 heteroatoms. The van der Waals surface area contributed by atoms with E-state index in [1.165, 1.54) is 0 Å². The van der Waals surface area contributed by atoms with E-state index in [1.54, 1.807) is 19.3 Å². The van der Waals surface area contributed by atoms with Crippen molar-refractivity contribution in [1.82, 2.24) is 0 Å². The van der Waals surface area contributed by atoms with Crippen molar-refractivity contribution in [1.29, 1.82) is 0 Å². The van der Waals surface area contributed by atoms with E-state index in [0.717, 1.165) is 5.56 Å². The third-order valence-corrected chi connectivity index (χ3v) is 2.82. The van der Waals surface area contributed by atoms with Crippen LogP contribution in [0.1, 0.15) is 25.0 Å². The maximum Gasteiger partial charge on any atom is 0.268 e. The monoisotopic (exact) mass is 272 g/mol. The van der Waals surface area contributed by atoms with Crippen LogP contribution in [0, 0.1) is 0 Å². The van der Waals surface area contributed by atoms with Gasteiger partial charge in [0.1, 0.15) is 5.75 Å². The Bertz CT molecular complexity index is 703. The second-order valence-corrected chi connectivity index (χ2v) is 4.64. The van der Waals surface area contributed by atoms with Crippen LogP contribution in [-0.2, 0) is 0 Å². The van der Waals surface area contributed by atoms with Crippen molar-refractivity contribution in [3.8, 4) is 11.5 Å². The molecule has 104 valence electrons. The van der Waals surface area contributed by atoms with Gasteiger partial charge in [0.05, 0.1) is 18.8 Å². The Hall–Kier alpha value is -2.36. The van der Waals surface area contributed by atoms with Gasteiger partial charge in [-0.2, -0.15) is 0 Å². The molecule has 0 saturated carbocycles. The fourth-order valence-corrected chi connectivity index (χ4v) is 1.87. The number of para-hydroxylation sites is 1. The van der Waals surface area contributed by atoms with Gasteiger partial charge in [-0.1, -0.05) is 24.3 Å². The lowest BCUT2D eigenvalue weighted by Crippen LogP contribution is -2.36. The largest absolute Gasteiger partial charge is 0.496 e. The van der Waals surface area contributed by atoms with Crippen molar-refractivity contribution in [2.24, 2.45) is 0 Å². The molecule has 0 saturated heterocycles. The second kappa shape index (κ2) is 5.74. The van der Waals surface area contributed by atoms with Gasteiger partial charge in [-0.15, -0.1) is 0 Å². The number of benzene rings is 1. The molecule has 0 N–H and O–H groups in total. The summed E-state index contributed by atoms with van der Waals surface area (Å²) in [6.07, 6.45) is 3.19. The first-order valence-corrected chi connectivity index (χ1v) is 6.35. The van der Waals surface area contributed by atoms with Crippen LogP contribution in [0.25, 0.3) is 12.2 Å². The van der Waals surface area contributed by atoms with E-state index < -0.39 is 10.9 Å². The topological polar surface area (TPSA) is 52.6 Å². The van der Waals surface area contributed by atoms with Crippen molar-refractivity contribution in [2.75, 3.05) is 7.11 Å². The molecule has 2 rings (SSSR count). The lowest BCUT2D eigenvalue weighted by atomic mass is 10.1. The molecule has 20 heavy (non-hydrogen) atoms. The summed E-state index contributed by atoms with van der Waals surface area (Å²) >= 11 is 0. The van der Waals surface area contributed by atoms with Gasteiger partial charge in [-0.3, -0.25) is 9.59 Å². The molecule has 0 aliphatic carbocycles. The van der Waals surface area contributed by atoms with E-state index in [1.807, 2.05) is 38.1 Å². The third kappa shape index (κ3) is 2.64. The molecule has 0 aliphatic rings. The van der Waals surface area contributed by atoms with Gasteiger partial charge in [0, 0.05) is 5.56 Å². The van der Waals surface area contributed by atoms with Crippen LogP contribution in [0.4, 0.5) is 0 Å². The van der Waals surface area contributed by atoms with Gasteiger partial charge < -0.3 is 9.47 Å². The Morgan fingerprint density at radius 2 is 1.75 bits per heavy atom. The van der Waals surface area contributed by atoms with Crippen molar-refractivity contribution in [2.45, 2.75) is 20.0 Å². The fourth-order valence-electron chi connectivity index (χ4n) is 1.87.